The fourth-order valence-electron chi connectivity index (χ4n) is 3.13. The zero-order chi connectivity index (χ0) is 17.8. The van der Waals surface area contributed by atoms with Crippen molar-refractivity contribution in [2.24, 2.45) is 5.92 Å². The van der Waals surface area contributed by atoms with Crippen molar-refractivity contribution in [3.63, 3.8) is 0 Å². The summed E-state index contributed by atoms with van der Waals surface area (Å²) in [6.45, 7) is 0.168. The Morgan fingerprint density at radius 2 is 2.28 bits per heavy atom. The van der Waals surface area contributed by atoms with E-state index in [4.69, 9.17) is 4.74 Å². The molecule has 1 heterocycles. The number of rotatable bonds is 5. The number of fused-ring (bicyclic) bond motifs is 1. The quantitative estimate of drug-likeness (QED) is 0.656. The molecule has 1 atom stereocenters. The zero-order valence-corrected chi connectivity index (χ0v) is 15.1. The SMILES string of the molecule is COC(=O)[C@@H]1CCc2c(cnn2CC(=O)Nc2cccc(SC)c2)C1. The molecule has 0 bridgehead atoms. The van der Waals surface area contributed by atoms with E-state index in [1.807, 2.05) is 30.5 Å². The molecule has 3 rings (SSSR count). The van der Waals surface area contributed by atoms with Crippen molar-refractivity contribution < 1.29 is 14.3 Å². The minimum absolute atomic E-state index is 0.112. The smallest absolute Gasteiger partial charge is 0.309 e. The van der Waals surface area contributed by atoms with Crippen LogP contribution in [-0.2, 0) is 33.7 Å². The van der Waals surface area contributed by atoms with E-state index in [2.05, 4.69) is 10.4 Å². The molecule has 0 radical (unpaired) electrons. The molecule has 132 valence electrons. The van der Waals surface area contributed by atoms with E-state index < -0.39 is 0 Å². The van der Waals surface area contributed by atoms with Gasteiger partial charge in [-0.3, -0.25) is 14.3 Å². The number of ether oxygens (including phenoxy) is 1. The molecule has 7 heteroatoms. The summed E-state index contributed by atoms with van der Waals surface area (Å²) in [5.74, 6) is -0.401. The number of hydrogen-bond acceptors (Lipinski definition) is 5. The highest BCUT2D eigenvalue weighted by Gasteiger charge is 2.28. The molecule has 0 aliphatic heterocycles. The average molecular weight is 359 g/mol. The molecule has 6 nitrogen and oxygen atoms in total. The lowest BCUT2D eigenvalue weighted by Crippen LogP contribution is -2.26. The number of anilines is 1. The highest BCUT2D eigenvalue weighted by atomic mass is 32.2. The normalized spacial score (nSPS) is 16.2. The van der Waals surface area contributed by atoms with Crippen LogP contribution in [0.1, 0.15) is 17.7 Å². The first-order chi connectivity index (χ1) is 12.1. The summed E-state index contributed by atoms with van der Waals surface area (Å²) in [7, 11) is 1.41. The molecule has 25 heavy (non-hydrogen) atoms. The zero-order valence-electron chi connectivity index (χ0n) is 14.3. The van der Waals surface area contributed by atoms with Crippen LogP contribution >= 0.6 is 11.8 Å². The second-order valence-electron chi connectivity index (χ2n) is 6.02. The van der Waals surface area contributed by atoms with Crippen LogP contribution in [0.15, 0.2) is 35.4 Å². The number of hydrogen-bond donors (Lipinski definition) is 1. The summed E-state index contributed by atoms with van der Waals surface area (Å²) < 4.78 is 6.56. The number of carbonyl (C=O) groups is 2. The molecular formula is C18H21N3O3S. The molecule has 1 aromatic carbocycles. The van der Waals surface area contributed by atoms with Crippen molar-refractivity contribution in [1.29, 1.82) is 0 Å². The van der Waals surface area contributed by atoms with Gasteiger partial charge in [-0.2, -0.15) is 5.10 Å². The number of esters is 1. The van der Waals surface area contributed by atoms with Gasteiger partial charge in [-0.25, -0.2) is 0 Å². The maximum absolute atomic E-state index is 12.3. The number of nitrogens with one attached hydrogen (secondary N) is 1. The number of benzene rings is 1. The molecule has 2 aromatic rings. The van der Waals surface area contributed by atoms with Gasteiger partial charge in [0.2, 0.25) is 5.91 Å². The summed E-state index contributed by atoms with van der Waals surface area (Å²) >= 11 is 1.63. The Morgan fingerprint density at radius 3 is 3.04 bits per heavy atom. The van der Waals surface area contributed by atoms with E-state index >= 15 is 0 Å². The first-order valence-electron chi connectivity index (χ1n) is 8.16. The largest absolute Gasteiger partial charge is 0.469 e. The predicted octanol–water partition coefficient (Wildman–Crippen LogP) is 2.52. The second kappa shape index (κ2) is 7.74. The number of aromatic nitrogens is 2. The van der Waals surface area contributed by atoms with Crippen molar-refractivity contribution in [3.05, 3.63) is 41.7 Å². The van der Waals surface area contributed by atoms with Gasteiger partial charge in [-0.15, -0.1) is 11.8 Å². The Balaban J connectivity index is 1.65. The van der Waals surface area contributed by atoms with Gasteiger partial charge in [-0.1, -0.05) is 6.07 Å². The molecule has 0 spiro atoms. The summed E-state index contributed by atoms with van der Waals surface area (Å²) in [6.07, 6.45) is 5.83. The lowest BCUT2D eigenvalue weighted by atomic mass is 9.88. The van der Waals surface area contributed by atoms with Gasteiger partial charge < -0.3 is 10.1 Å². The predicted molar refractivity (Wildman–Crippen MR) is 96.6 cm³/mol. The summed E-state index contributed by atoms with van der Waals surface area (Å²) in [5.41, 5.74) is 2.84. The maximum atomic E-state index is 12.3. The third-order valence-corrected chi connectivity index (χ3v) is 5.14. The monoisotopic (exact) mass is 359 g/mol. The van der Waals surface area contributed by atoms with Crippen LogP contribution < -0.4 is 5.32 Å². The number of thioether (sulfide) groups is 1. The Morgan fingerprint density at radius 1 is 1.44 bits per heavy atom. The maximum Gasteiger partial charge on any atom is 0.309 e. The van der Waals surface area contributed by atoms with Crippen LogP contribution in [0.5, 0.6) is 0 Å². The van der Waals surface area contributed by atoms with Crippen LogP contribution in [0, 0.1) is 5.92 Å². The summed E-state index contributed by atoms with van der Waals surface area (Å²) in [5, 5.41) is 7.24. The first-order valence-corrected chi connectivity index (χ1v) is 9.38. The van der Waals surface area contributed by atoms with Gasteiger partial charge in [0.25, 0.3) is 0 Å². The van der Waals surface area contributed by atoms with Crippen molar-refractivity contribution in [1.82, 2.24) is 9.78 Å². The lowest BCUT2D eigenvalue weighted by molar-refractivity contribution is -0.145. The number of methoxy groups -OCH3 is 1. The van der Waals surface area contributed by atoms with Gasteiger partial charge in [0.1, 0.15) is 6.54 Å². The van der Waals surface area contributed by atoms with Crippen molar-refractivity contribution in [2.75, 3.05) is 18.7 Å². The topological polar surface area (TPSA) is 73.2 Å². The van der Waals surface area contributed by atoms with Crippen LogP contribution in [0.2, 0.25) is 0 Å². The van der Waals surface area contributed by atoms with Gasteiger partial charge in [-0.05, 0) is 49.3 Å². The van der Waals surface area contributed by atoms with Crippen LogP contribution in [0.4, 0.5) is 5.69 Å². The van der Waals surface area contributed by atoms with Crippen LogP contribution in [-0.4, -0.2) is 35.0 Å². The Bertz CT molecular complexity index is 788. The Kier molecular flexibility index (Phi) is 5.43. The van der Waals surface area contributed by atoms with E-state index in [-0.39, 0.29) is 24.3 Å². The molecule has 1 N–H and O–H groups in total. The summed E-state index contributed by atoms with van der Waals surface area (Å²) in [6, 6.07) is 7.74. The minimum Gasteiger partial charge on any atom is -0.469 e. The van der Waals surface area contributed by atoms with Gasteiger partial charge in [0.15, 0.2) is 0 Å². The second-order valence-corrected chi connectivity index (χ2v) is 6.90. The molecule has 1 aromatic heterocycles. The molecule has 0 unspecified atom stereocenters. The molecule has 0 fully saturated rings. The molecule has 0 saturated carbocycles. The third-order valence-electron chi connectivity index (χ3n) is 4.41. The molecular weight excluding hydrogens is 338 g/mol. The fourth-order valence-corrected chi connectivity index (χ4v) is 3.59. The molecule has 1 aliphatic rings. The van der Waals surface area contributed by atoms with E-state index in [0.29, 0.717) is 6.42 Å². The number of carbonyl (C=O) groups excluding carboxylic acids is 2. The molecule has 1 amide bonds. The highest BCUT2D eigenvalue weighted by molar-refractivity contribution is 7.98. The molecule has 1 aliphatic carbocycles. The van der Waals surface area contributed by atoms with Crippen molar-refractivity contribution in [3.8, 4) is 0 Å². The Labute approximate surface area is 150 Å². The van der Waals surface area contributed by atoms with Gasteiger partial charge in [0.05, 0.1) is 19.2 Å². The minimum atomic E-state index is -0.176. The van der Waals surface area contributed by atoms with Crippen molar-refractivity contribution >= 4 is 29.3 Å². The van der Waals surface area contributed by atoms with Gasteiger partial charge in [0, 0.05) is 16.3 Å². The van der Waals surface area contributed by atoms with E-state index in [1.165, 1.54) is 7.11 Å². The molecule has 0 saturated heterocycles. The first kappa shape index (κ1) is 17.5. The standard InChI is InChI=1S/C18H21N3O3S/c1-24-18(23)12-6-7-16-13(8-12)10-19-21(16)11-17(22)20-14-4-3-5-15(9-14)25-2/h3-5,9-10,12H,6-8,11H2,1-2H3,(H,20,22)/t12-/m1/s1. The Hall–Kier alpha value is -2.28. The fraction of sp³-hybridized carbons (Fsp3) is 0.389. The van der Waals surface area contributed by atoms with Gasteiger partial charge >= 0.3 is 5.97 Å². The number of amides is 1. The van der Waals surface area contributed by atoms with E-state index in [9.17, 15) is 9.59 Å². The average Bonchev–Trinajstić information content (AvgIpc) is 3.03. The van der Waals surface area contributed by atoms with E-state index in [0.717, 1.165) is 34.7 Å². The third kappa shape index (κ3) is 4.04. The summed E-state index contributed by atoms with van der Waals surface area (Å²) in [4.78, 5) is 25.1. The van der Waals surface area contributed by atoms with Crippen LogP contribution in [0.25, 0.3) is 0 Å². The number of nitrogens with zero attached hydrogens (tertiary/aromatic N) is 2. The lowest BCUT2D eigenvalue weighted by Gasteiger charge is -2.20. The van der Waals surface area contributed by atoms with Crippen LogP contribution in [0.3, 0.4) is 0 Å². The van der Waals surface area contributed by atoms with E-state index in [1.54, 1.807) is 22.6 Å². The highest BCUT2D eigenvalue weighted by Crippen LogP contribution is 2.26. The van der Waals surface area contributed by atoms with Crippen molar-refractivity contribution in [2.45, 2.75) is 30.7 Å².